The highest BCUT2D eigenvalue weighted by atomic mass is 32.2. The van der Waals surface area contributed by atoms with E-state index in [1.807, 2.05) is 0 Å². The first-order valence-corrected chi connectivity index (χ1v) is 11.3. The van der Waals surface area contributed by atoms with Crippen LogP contribution in [0.1, 0.15) is 23.2 Å². The van der Waals surface area contributed by atoms with Crippen LogP contribution in [0.25, 0.3) is 0 Å². The molecule has 0 aliphatic carbocycles. The van der Waals surface area contributed by atoms with E-state index in [0.29, 0.717) is 0 Å². The van der Waals surface area contributed by atoms with Crippen molar-refractivity contribution in [2.75, 3.05) is 14.2 Å². The Morgan fingerprint density at radius 1 is 0.765 bits per heavy atom. The second kappa shape index (κ2) is 9.52. The second-order valence-electron chi connectivity index (χ2n) is 7.30. The SMILES string of the molecule is COC(=O)[C@@H]1[C@@H](c2ccc([N+](=O)[O-])cc2)N[C@@H](c2ccc([N+](=O)[O-])cc2)[C@@H](C(=O)OC)S1(=O)=O. The monoisotopic (exact) mass is 493 g/mol. The van der Waals surface area contributed by atoms with E-state index in [4.69, 9.17) is 9.47 Å². The van der Waals surface area contributed by atoms with Gasteiger partial charge in [0.15, 0.2) is 20.3 Å². The molecule has 1 aliphatic rings. The summed E-state index contributed by atoms with van der Waals surface area (Å²) in [7, 11) is -2.64. The molecular formula is C20H19N3O10S. The van der Waals surface area contributed by atoms with Gasteiger partial charge in [0.25, 0.3) is 11.4 Å². The number of carbonyl (C=O) groups is 2. The van der Waals surface area contributed by atoms with E-state index in [-0.39, 0.29) is 22.5 Å². The van der Waals surface area contributed by atoms with Gasteiger partial charge in [-0.1, -0.05) is 24.3 Å². The number of benzene rings is 2. The number of non-ortho nitro benzene ring substituents is 2. The van der Waals surface area contributed by atoms with Gasteiger partial charge in [0.1, 0.15) is 0 Å². The molecule has 0 saturated carbocycles. The van der Waals surface area contributed by atoms with Crippen LogP contribution in [0.4, 0.5) is 11.4 Å². The van der Waals surface area contributed by atoms with Crippen LogP contribution in [-0.4, -0.2) is 54.9 Å². The zero-order chi connectivity index (χ0) is 25.2. The lowest BCUT2D eigenvalue weighted by Crippen LogP contribution is -2.59. The molecule has 4 atom stereocenters. The van der Waals surface area contributed by atoms with Gasteiger partial charge >= 0.3 is 11.9 Å². The van der Waals surface area contributed by atoms with Gasteiger partial charge in [-0.25, -0.2) is 8.42 Å². The van der Waals surface area contributed by atoms with Crippen LogP contribution in [0.2, 0.25) is 0 Å². The van der Waals surface area contributed by atoms with Gasteiger partial charge in [0.05, 0.1) is 36.1 Å². The van der Waals surface area contributed by atoms with Gasteiger partial charge in [-0.15, -0.1) is 0 Å². The smallest absolute Gasteiger partial charge is 0.326 e. The van der Waals surface area contributed by atoms with E-state index in [1.165, 1.54) is 24.3 Å². The number of nitrogens with zero attached hydrogens (tertiary/aromatic N) is 2. The molecule has 0 spiro atoms. The molecule has 2 aromatic carbocycles. The van der Waals surface area contributed by atoms with Crippen molar-refractivity contribution in [1.29, 1.82) is 0 Å². The van der Waals surface area contributed by atoms with Gasteiger partial charge in [-0.3, -0.25) is 35.1 Å². The average molecular weight is 493 g/mol. The molecule has 0 amide bonds. The minimum atomic E-state index is -4.61. The molecule has 0 radical (unpaired) electrons. The van der Waals surface area contributed by atoms with Gasteiger partial charge < -0.3 is 9.47 Å². The first-order valence-electron chi connectivity index (χ1n) is 9.66. The van der Waals surface area contributed by atoms with E-state index >= 15 is 0 Å². The molecule has 1 saturated heterocycles. The lowest BCUT2D eigenvalue weighted by atomic mass is 9.96. The molecule has 0 aromatic heterocycles. The Morgan fingerprint density at radius 3 is 1.35 bits per heavy atom. The molecule has 14 heteroatoms. The Morgan fingerprint density at radius 2 is 1.09 bits per heavy atom. The van der Waals surface area contributed by atoms with E-state index < -0.39 is 54.2 Å². The number of sulfone groups is 1. The van der Waals surface area contributed by atoms with Crippen molar-refractivity contribution >= 4 is 33.2 Å². The van der Waals surface area contributed by atoms with Crippen molar-refractivity contribution in [3.8, 4) is 0 Å². The number of hydrogen-bond acceptors (Lipinski definition) is 11. The van der Waals surface area contributed by atoms with Crippen LogP contribution in [0.3, 0.4) is 0 Å². The minimum absolute atomic E-state index is 0.208. The number of esters is 2. The molecule has 34 heavy (non-hydrogen) atoms. The highest BCUT2D eigenvalue weighted by Crippen LogP contribution is 2.39. The highest BCUT2D eigenvalue weighted by Gasteiger charge is 2.56. The second-order valence-corrected chi connectivity index (χ2v) is 9.49. The first kappa shape index (κ1) is 24.7. The van der Waals surface area contributed by atoms with E-state index in [9.17, 15) is 38.2 Å². The van der Waals surface area contributed by atoms with Crippen molar-refractivity contribution < 1.29 is 37.3 Å². The first-order chi connectivity index (χ1) is 16.0. The van der Waals surface area contributed by atoms with E-state index in [2.05, 4.69) is 5.32 Å². The Kier molecular flexibility index (Phi) is 6.93. The number of carbonyl (C=O) groups excluding carboxylic acids is 2. The van der Waals surface area contributed by atoms with E-state index in [1.54, 1.807) is 0 Å². The standard InChI is InChI=1S/C20H19N3O10S/c1-32-19(24)17-15(11-3-7-13(8-4-11)22(26)27)21-16(18(20(25)33-2)34(17,30)31)12-5-9-14(10-6-12)23(28)29/h3-10,15-18,21H,1-2H3/t15-,16+,17-,18-/m0/s1. The van der Waals surface area contributed by atoms with E-state index in [0.717, 1.165) is 38.5 Å². The van der Waals surface area contributed by atoms with Crippen LogP contribution < -0.4 is 5.32 Å². The average Bonchev–Trinajstić information content (AvgIpc) is 2.82. The molecule has 0 bridgehead atoms. The summed E-state index contributed by atoms with van der Waals surface area (Å²) in [5, 5.41) is 21.2. The maximum Gasteiger partial charge on any atom is 0.326 e. The normalized spacial score (nSPS) is 23.5. The number of hydrogen-bond donors (Lipinski definition) is 1. The summed E-state index contributed by atoms with van der Waals surface area (Å²) in [6.45, 7) is 0. The van der Waals surface area contributed by atoms with Crippen LogP contribution in [-0.2, 0) is 28.9 Å². The molecule has 2 aromatic rings. The third-order valence-corrected chi connectivity index (χ3v) is 7.81. The predicted octanol–water partition coefficient (Wildman–Crippen LogP) is 1.39. The van der Waals surface area contributed by atoms with Crippen LogP contribution in [0, 0.1) is 20.2 Å². The molecular weight excluding hydrogens is 474 g/mol. The Hall–Kier alpha value is -3.91. The summed E-state index contributed by atoms with van der Waals surface area (Å²) in [6, 6.07) is 7.18. The molecule has 1 aliphatic heterocycles. The predicted molar refractivity (Wildman–Crippen MR) is 115 cm³/mol. The lowest BCUT2D eigenvalue weighted by Gasteiger charge is -2.40. The number of nitrogens with one attached hydrogen (secondary N) is 1. The summed E-state index contributed by atoms with van der Waals surface area (Å²) >= 11 is 0. The van der Waals surface area contributed by atoms with Gasteiger partial charge in [-0.05, 0) is 11.1 Å². The third kappa shape index (κ3) is 4.45. The quantitative estimate of drug-likeness (QED) is 0.348. The Balaban J connectivity index is 2.18. The van der Waals surface area contributed by atoms with Crippen molar-refractivity contribution in [3.05, 3.63) is 79.9 Å². The fourth-order valence-corrected chi connectivity index (χ4v) is 6.10. The maximum atomic E-state index is 13.6. The van der Waals surface area contributed by atoms with Crippen molar-refractivity contribution in [1.82, 2.24) is 5.32 Å². The van der Waals surface area contributed by atoms with Crippen LogP contribution in [0.5, 0.6) is 0 Å². The number of nitro benzene ring substituents is 2. The largest absolute Gasteiger partial charge is 0.468 e. The Bertz CT molecular complexity index is 1140. The summed E-state index contributed by atoms with van der Waals surface area (Å²) in [5.41, 5.74) is -0.0904. The van der Waals surface area contributed by atoms with Gasteiger partial charge in [-0.2, -0.15) is 0 Å². The maximum absolute atomic E-state index is 13.6. The number of ether oxygens (including phenoxy) is 2. The fourth-order valence-electron chi connectivity index (χ4n) is 3.83. The summed E-state index contributed by atoms with van der Waals surface area (Å²) < 4.78 is 36.5. The number of methoxy groups -OCH3 is 2. The van der Waals surface area contributed by atoms with Crippen LogP contribution in [0.15, 0.2) is 48.5 Å². The molecule has 180 valence electrons. The zero-order valence-corrected chi connectivity index (χ0v) is 18.6. The molecule has 13 nitrogen and oxygen atoms in total. The molecule has 3 rings (SSSR count). The Labute approximate surface area is 192 Å². The topological polar surface area (TPSA) is 185 Å². The summed E-state index contributed by atoms with van der Waals surface area (Å²) in [4.78, 5) is 45.9. The third-order valence-electron chi connectivity index (χ3n) is 5.47. The lowest BCUT2D eigenvalue weighted by molar-refractivity contribution is -0.385. The fraction of sp³-hybridized carbons (Fsp3) is 0.300. The molecule has 1 heterocycles. The number of nitro groups is 2. The number of rotatable bonds is 6. The highest BCUT2D eigenvalue weighted by molar-refractivity contribution is 7.94. The molecule has 1 fully saturated rings. The van der Waals surface area contributed by atoms with Gasteiger partial charge in [0, 0.05) is 24.3 Å². The van der Waals surface area contributed by atoms with Gasteiger partial charge in [0.2, 0.25) is 0 Å². The van der Waals surface area contributed by atoms with Crippen molar-refractivity contribution in [2.24, 2.45) is 0 Å². The molecule has 0 unspecified atom stereocenters. The van der Waals surface area contributed by atoms with Crippen molar-refractivity contribution in [2.45, 2.75) is 22.6 Å². The van der Waals surface area contributed by atoms with Crippen molar-refractivity contribution in [3.63, 3.8) is 0 Å². The minimum Gasteiger partial charge on any atom is -0.468 e. The molecule has 1 N–H and O–H groups in total. The van der Waals surface area contributed by atoms with Crippen LogP contribution >= 0.6 is 0 Å². The summed E-state index contributed by atoms with van der Waals surface area (Å²) in [6.07, 6.45) is 0. The summed E-state index contributed by atoms with van der Waals surface area (Å²) in [5.74, 6) is -2.29. The zero-order valence-electron chi connectivity index (χ0n) is 17.8.